The maximum Gasteiger partial charge on any atom is 0.265 e. The summed E-state index contributed by atoms with van der Waals surface area (Å²) >= 11 is 0. The van der Waals surface area contributed by atoms with E-state index < -0.39 is 0 Å². The molecule has 1 heterocycles. The molecule has 168 valence electrons. The Morgan fingerprint density at radius 1 is 1.23 bits per heavy atom. The van der Waals surface area contributed by atoms with E-state index in [0.29, 0.717) is 19.6 Å². The van der Waals surface area contributed by atoms with E-state index in [9.17, 15) is 4.79 Å². The monoisotopic (exact) mass is 538 g/mol. The Balaban J connectivity index is 0.00000341. The summed E-state index contributed by atoms with van der Waals surface area (Å²) in [6.45, 7) is 4.83. The fourth-order valence-electron chi connectivity index (χ4n) is 3.45. The molecule has 0 aliphatic carbocycles. The number of fused-ring (bicyclic) bond motifs is 1. The van der Waals surface area contributed by atoms with Crippen LogP contribution in [-0.4, -0.2) is 57.2 Å². The molecule has 0 saturated carbocycles. The van der Waals surface area contributed by atoms with Crippen LogP contribution in [0.1, 0.15) is 18.9 Å². The number of rotatable bonds is 8. The molecule has 31 heavy (non-hydrogen) atoms. The molecular formula is C23H31IN4O3. The number of hydrogen-bond donors (Lipinski definition) is 1. The first-order valence-electron chi connectivity index (χ1n) is 10.3. The number of nitrogens with zero attached hydrogens (tertiary/aromatic N) is 3. The fourth-order valence-corrected chi connectivity index (χ4v) is 3.45. The van der Waals surface area contributed by atoms with Crippen molar-refractivity contribution in [2.24, 2.45) is 4.99 Å². The lowest BCUT2D eigenvalue weighted by Gasteiger charge is -2.29. The number of guanidine groups is 1. The van der Waals surface area contributed by atoms with Gasteiger partial charge in [-0.1, -0.05) is 30.3 Å². The number of anilines is 1. The summed E-state index contributed by atoms with van der Waals surface area (Å²) in [5.74, 6) is 2.44. The molecule has 1 aliphatic rings. The van der Waals surface area contributed by atoms with E-state index >= 15 is 0 Å². The summed E-state index contributed by atoms with van der Waals surface area (Å²) in [5.41, 5.74) is 1.93. The summed E-state index contributed by atoms with van der Waals surface area (Å²) in [4.78, 5) is 20.9. The number of methoxy groups -OCH3 is 1. The average molecular weight is 538 g/mol. The molecule has 0 aromatic heterocycles. The van der Waals surface area contributed by atoms with Crippen molar-refractivity contribution < 1.29 is 14.3 Å². The second-order valence-corrected chi connectivity index (χ2v) is 7.06. The van der Waals surface area contributed by atoms with Gasteiger partial charge in [-0.2, -0.15) is 0 Å². The molecule has 0 radical (unpaired) electrons. The van der Waals surface area contributed by atoms with Gasteiger partial charge in [-0.25, -0.2) is 0 Å². The van der Waals surface area contributed by atoms with E-state index in [1.54, 1.807) is 12.0 Å². The maximum atomic E-state index is 12.3. The molecule has 3 rings (SSSR count). The van der Waals surface area contributed by atoms with Gasteiger partial charge in [0.05, 0.1) is 12.8 Å². The number of carbonyl (C=O) groups is 1. The summed E-state index contributed by atoms with van der Waals surface area (Å²) in [6.07, 6.45) is 0.761. The van der Waals surface area contributed by atoms with Crippen molar-refractivity contribution in [3.8, 4) is 11.5 Å². The zero-order valence-corrected chi connectivity index (χ0v) is 20.7. The van der Waals surface area contributed by atoms with Crippen molar-refractivity contribution in [3.63, 3.8) is 0 Å². The number of halogens is 1. The Bertz CT molecular complexity index is 891. The second-order valence-electron chi connectivity index (χ2n) is 7.06. The van der Waals surface area contributed by atoms with Crippen molar-refractivity contribution >= 4 is 41.5 Å². The number of carbonyl (C=O) groups excluding carboxylic acids is 1. The first kappa shape index (κ1) is 24.8. The molecule has 2 aromatic carbocycles. The molecule has 0 saturated heterocycles. The first-order valence-corrected chi connectivity index (χ1v) is 10.3. The van der Waals surface area contributed by atoms with Gasteiger partial charge in [0.1, 0.15) is 11.5 Å². The third-order valence-corrected chi connectivity index (χ3v) is 4.91. The lowest BCUT2D eigenvalue weighted by molar-refractivity contribution is -0.121. The molecule has 0 unspecified atom stereocenters. The number of ether oxygens (including phenoxy) is 2. The predicted octanol–water partition coefficient (Wildman–Crippen LogP) is 3.53. The highest BCUT2D eigenvalue weighted by molar-refractivity contribution is 14.0. The highest BCUT2D eigenvalue weighted by Crippen LogP contribution is 2.31. The normalized spacial score (nSPS) is 13.1. The van der Waals surface area contributed by atoms with Crippen molar-refractivity contribution in [1.82, 2.24) is 10.2 Å². The molecular weight excluding hydrogens is 507 g/mol. The van der Waals surface area contributed by atoms with Gasteiger partial charge < -0.3 is 24.6 Å². The summed E-state index contributed by atoms with van der Waals surface area (Å²) in [5, 5.41) is 3.34. The number of nitrogens with one attached hydrogen (secondary N) is 1. The van der Waals surface area contributed by atoms with Gasteiger partial charge in [0, 0.05) is 38.8 Å². The number of benzene rings is 2. The minimum absolute atomic E-state index is 0. The van der Waals surface area contributed by atoms with Gasteiger partial charge >= 0.3 is 0 Å². The minimum atomic E-state index is -0.0159. The second kappa shape index (κ2) is 12.4. The Kier molecular flexibility index (Phi) is 9.90. The Morgan fingerprint density at radius 3 is 2.74 bits per heavy atom. The van der Waals surface area contributed by atoms with E-state index in [4.69, 9.17) is 14.5 Å². The van der Waals surface area contributed by atoms with Crippen LogP contribution in [-0.2, 0) is 11.3 Å². The molecule has 7 nitrogen and oxygen atoms in total. The SMILES string of the molecule is CCNC(=NCCCN1C(=O)COc2ccccc21)N(C)Cc1ccccc1OC.I. The third-order valence-electron chi connectivity index (χ3n) is 4.91. The van der Waals surface area contributed by atoms with E-state index in [1.165, 1.54) is 0 Å². The summed E-state index contributed by atoms with van der Waals surface area (Å²) in [6, 6.07) is 15.6. The summed E-state index contributed by atoms with van der Waals surface area (Å²) in [7, 11) is 3.69. The van der Waals surface area contributed by atoms with E-state index in [2.05, 4.69) is 23.2 Å². The lowest BCUT2D eigenvalue weighted by atomic mass is 10.2. The fraction of sp³-hybridized carbons (Fsp3) is 0.391. The van der Waals surface area contributed by atoms with E-state index in [0.717, 1.165) is 41.7 Å². The molecule has 1 aliphatic heterocycles. The zero-order valence-electron chi connectivity index (χ0n) is 18.3. The van der Waals surface area contributed by atoms with Crippen LogP contribution in [0.25, 0.3) is 0 Å². The van der Waals surface area contributed by atoms with Crippen LogP contribution < -0.4 is 19.7 Å². The Morgan fingerprint density at radius 2 is 1.97 bits per heavy atom. The average Bonchev–Trinajstić information content (AvgIpc) is 2.77. The quantitative estimate of drug-likeness (QED) is 0.241. The third kappa shape index (κ3) is 6.49. The van der Waals surface area contributed by atoms with Crippen molar-refractivity contribution in [2.75, 3.05) is 45.3 Å². The molecule has 1 N–H and O–H groups in total. The van der Waals surface area contributed by atoms with Crippen LogP contribution in [0.2, 0.25) is 0 Å². The van der Waals surface area contributed by atoms with Crippen LogP contribution in [0.5, 0.6) is 11.5 Å². The van der Waals surface area contributed by atoms with Gasteiger partial charge in [-0.05, 0) is 31.5 Å². The Labute approximate surface area is 201 Å². The molecule has 0 fully saturated rings. The molecule has 0 atom stereocenters. The molecule has 0 spiro atoms. The Hall–Kier alpha value is -2.49. The van der Waals surface area contributed by atoms with Crippen LogP contribution in [0.4, 0.5) is 5.69 Å². The van der Waals surface area contributed by atoms with Gasteiger partial charge in [-0.3, -0.25) is 9.79 Å². The van der Waals surface area contributed by atoms with Crippen LogP contribution >= 0.6 is 24.0 Å². The molecule has 0 bridgehead atoms. The van der Waals surface area contributed by atoms with Gasteiger partial charge in [-0.15, -0.1) is 24.0 Å². The smallest absolute Gasteiger partial charge is 0.265 e. The van der Waals surface area contributed by atoms with Gasteiger partial charge in [0.2, 0.25) is 0 Å². The van der Waals surface area contributed by atoms with Crippen molar-refractivity contribution in [1.29, 1.82) is 0 Å². The number of amides is 1. The van der Waals surface area contributed by atoms with Gasteiger partial charge in [0.25, 0.3) is 5.91 Å². The predicted molar refractivity (Wildman–Crippen MR) is 135 cm³/mol. The van der Waals surface area contributed by atoms with E-state index in [1.807, 2.05) is 49.5 Å². The summed E-state index contributed by atoms with van der Waals surface area (Å²) < 4.78 is 11.0. The minimum Gasteiger partial charge on any atom is -0.496 e. The maximum absolute atomic E-state index is 12.3. The zero-order chi connectivity index (χ0) is 21.3. The number of hydrogen-bond acceptors (Lipinski definition) is 4. The van der Waals surface area contributed by atoms with Crippen LogP contribution in [0, 0.1) is 0 Å². The van der Waals surface area contributed by atoms with Gasteiger partial charge in [0.15, 0.2) is 12.6 Å². The van der Waals surface area contributed by atoms with Crippen LogP contribution in [0.15, 0.2) is 53.5 Å². The number of aliphatic imine (C=N–C) groups is 1. The standard InChI is InChI=1S/C23H30N4O3.HI/c1-4-24-23(26(2)16-18-10-5-7-12-20(18)29-3)25-14-9-15-27-19-11-6-8-13-21(19)30-17-22(27)28;/h5-8,10-13H,4,9,14-17H2,1-3H3,(H,24,25);1H. The molecule has 2 aromatic rings. The molecule has 8 heteroatoms. The van der Waals surface area contributed by atoms with Crippen molar-refractivity contribution in [2.45, 2.75) is 19.9 Å². The first-order chi connectivity index (χ1) is 14.6. The van der Waals surface area contributed by atoms with Crippen molar-refractivity contribution in [3.05, 3.63) is 54.1 Å². The highest BCUT2D eigenvalue weighted by atomic mass is 127. The van der Waals surface area contributed by atoms with Crippen LogP contribution in [0.3, 0.4) is 0 Å². The molecule has 1 amide bonds. The number of para-hydroxylation sites is 3. The van der Waals surface area contributed by atoms with E-state index in [-0.39, 0.29) is 36.5 Å². The highest BCUT2D eigenvalue weighted by Gasteiger charge is 2.24. The lowest BCUT2D eigenvalue weighted by Crippen LogP contribution is -2.40. The topological polar surface area (TPSA) is 66.4 Å². The largest absolute Gasteiger partial charge is 0.496 e.